The van der Waals surface area contributed by atoms with E-state index in [1.807, 2.05) is 29.2 Å². The molecule has 2 N–H and O–H groups in total. The summed E-state index contributed by atoms with van der Waals surface area (Å²) in [5, 5.41) is 0.726. The van der Waals surface area contributed by atoms with E-state index >= 15 is 0 Å². The molecule has 24 heavy (non-hydrogen) atoms. The Labute approximate surface area is 158 Å². The first-order chi connectivity index (χ1) is 10.6. The zero-order valence-electron chi connectivity index (χ0n) is 12.9. The van der Waals surface area contributed by atoms with E-state index in [0.29, 0.717) is 24.3 Å². The van der Waals surface area contributed by atoms with Crippen molar-refractivity contribution in [2.45, 2.75) is 0 Å². The molecule has 0 aliphatic carbocycles. The lowest BCUT2D eigenvalue weighted by Gasteiger charge is -2.36. The summed E-state index contributed by atoms with van der Waals surface area (Å²) in [6, 6.07) is 9.41. The Morgan fingerprint density at radius 2 is 1.67 bits per heavy atom. The number of benzene rings is 1. The number of amides is 1. The number of halogens is 3. The van der Waals surface area contributed by atoms with Gasteiger partial charge in [0.15, 0.2) is 0 Å². The Bertz CT molecular complexity index is 673. The molecule has 2 aromatic rings. The SMILES string of the molecule is Cl.Cl.Nc1ccncc1C(=O)N1CCN(c2ccc(Cl)cc2)CC1. The van der Waals surface area contributed by atoms with Gasteiger partial charge in [0.1, 0.15) is 0 Å². The summed E-state index contributed by atoms with van der Waals surface area (Å²) in [5.74, 6) is -0.0543. The molecule has 1 aromatic carbocycles. The Hall–Kier alpha value is -1.69. The van der Waals surface area contributed by atoms with Crippen LogP contribution in [0.3, 0.4) is 0 Å². The summed E-state index contributed by atoms with van der Waals surface area (Å²) in [6.45, 7) is 2.90. The third-order valence-corrected chi connectivity index (χ3v) is 4.10. The molecule has 0 atom stereocenters. The van der Waals surface area contributed by atoms with Crippen LogP contribution in [-0.4, -0.2) is 42.0 Å². The van der Waals surface area contributed by atoms with Gasteiger partial charge in [-0.25, -0.2) is 0 Å². The van der Waals surface area contributed by atoms with E-state index in [-0.39, 0.29) is 30.7 Å². The topological polar surface area (TPSA) is 62.5 Å². The van der Waals surface area contributed by atoms with Crippen LogP contribution in [0.1, 0.15) is 10.4 Å². The molecule has 1 saturated heterocycles. The summed E-state index contributed by atoms with van der Waals surface area (Å²) >= 11 is 5.91. The van der Waals surface area contributed by atoms with Crippen LogP contribution in [0.2, 0.25) is 5.02 Å². The lowest BCUT2D eigenvalue weighted by atomic mass is 10.2. The molecule has 5 nitrogen and oxygen atoms in total. The van der Waals surface area contributed by atoms with E-state index in [2.05, 4.69) is 9.88 Å². The van der Waals surface area contributed by atoms with Crippen LogP contribution < -0.4 is 10.6 Å². The molecule has 1 aromatic heterocycles. The second-order valence-electron chi connectivity index (χ2n) is 5.22. The van der Waals surface area contributed by atoms with Gasteiger partial charge in [0.05, 0.1) is 5.56 Å². The summed E-state index contributed by atoms with van der Waals surface area (Å²) in [5.41, 5.74) is 7.92. The molecule has 1 fully saturated rings. The zero-order chi connectivity index (χ0) is 15.5. The zero-order valence-corrected chi connectivity index (χ0v) is 15.3. The maximum atomic E-state index is 12.5. The molecule has 0 saturated carbocycles. The number of carbonyl (C=O) groups excluding carboxylic acids is 1. The molecule has 3 rings (SSSR count). The summed E-state index contributed by atoms with van der Waals surface area (Å²) < 4.78 is 0. The minimum Gasteiger partial charge on any atom is -0.398 e. The van der Waals surface area contributed by atoms with Gasteiger partial charge in [0.25, 0.3) is 5.91 Å². The van der Waals surface area contributed by atoms with Gasteiger partial charge in [-0.1, -0.05) is 11.6 Å². The lowest BCUT2D eigenvalue weighted by molar-refractivity contribution is 0.0747. The number of carbonyl (C=O) groups is 1. The number of rotatable bonds is 2. The van der Waals surface area contributed by atoms with Crippen molar-refractivity contribution in [1.82, 2.24) is 9.88 Å². The molecule has 2 heterocycles. The van der Waals surface area contributed by atoms with Gasteiger partial charge >= 0.3 is 0 Å². The van der Waals surface area contributed by atoms with E-state index in [9.17, 15) is 4.79 Å². The van der Waals surface area contributed by atoms with E-state index in [1.165, 1.54) is 6.20 Å². The van der Waals surface area contributed by atoms with Crippen molar-refractivity contribution >= 4 is 53.7 Å². The van der Waals surface area contributed by atoms with Crippen molar-refractivity contribution in [2.24, 2.45) is 0 Å². The summed E-state index contributed by atoms with van der Waals surface area (Å²) in [7, 11) is 0. The first-order valence-corrected chi connectivity index (χ1v) is 7.52. The first kappa shape index (κ1) is 20.4. The molecular formula is C16H19Cl3N4O. The fourth-order valence-corrected chi connectivity index (χ4v) is 2.70. The molecule has 1 aliphatic rings. The number of nitrogens with two attached hydrogens (primary N) is 1. The Kier molecular flexibility index (Phi) is 7.60. The van der Waals surface area contributed by atoms with Crippen molar-refractivity contribution in [2.75, 3.05) is 36.8 Å². The van der Waals surface area contributed by atoms with Crippen LogP contribution in [0.25, 0.3) is 0 Å². The fraction of sp³-hybridized carbons (Fsp3) is 0.250. The van der Waals surface area contributed by atoms with Gasteiger partial charge in [-0.3, -0.25) is 9.78 Å². The molecule has 0 bridgehead atoms. The molecule has 1 amide bonds. The van der Waals surface area contributed by atoms with Crippen molar-refractivity contribution in [3.05, 3.63) is 53.3 Å². The van der Waals surface area contributed by atoms with Crippen molar-refractivity contribution in [1.29, 1.82) is 0 Å². The summed E-state index contributed by atoms with van der Waals surface area (Å²) in [6.07, 6.45) is 3.12. The molecule has 0 unspecified atom stereocenters. The standard InChI is InChI=1S/C16H17ClN4O.2ClH/c17-12-1-3-13(4-2-12)20-7-9-21(10-8-20)16(22)14-11-19-6-5-15(14)18;;/h1-6,11H,7-10H2,(H2,18,19);2*1H. The maximum Gasteiger partial charge on any atom is 0.257 e. The first-order valence-electron chi connectivity index (χ1n) is 7.14. The van der Waals surface area contributed by atoms with Crippen LogP contribution in [0.4, 0.5) is 11.4 Å². The van der Waals surface area contributed by atoms with E-state index in [1.54, 1.807) is 12.3 Å². The Morgan fingerprint density at radius 3 is 2.25 bits per heavy atom. The quantitative estimate of drug-likeness (QED) is 0.857. The van der Waals surface area contributed by atoms with Crippen molar-refractivity contribution in [3.8, 4) is 0 Å². The van der Waals surface area contributed by atoms with Gasteiger partial charge in [-0.05, 0) is 30.3 Å². The third-order valence-electron chi connectivity index (χ3n) is 3.84. The molecule has 130 valence electrons. The van der Waals surface area contributed by atoms with Gasteiger partial charge < -0.3 is 15.5 Å². The average Bonchev–Trinajstić information content (AvgIpc) is 2.56. The van der Waals surface area contributed by atoms with Crippen LogP contribution in [-0.2, 0) is 0 Å². The van der Waals surface area contributed by atoms with Crippen molar-refractivity contribution < 1.29 is 4.79 Å². The number of anilines is 2. The molecular weight excluding hydrogens is 371 g/mol. The maximum absolute atomic E-state index is 12.5. The molecule has 0 spiro atoms. The number of pyridine rings is 1. The van der Waals surface area contributed by atoms with Crippen molar-refractivity contribution in [3.63, 3.8) is 0 Å². The number of piperazine rings is 1. The predicted octanol–water partition coefficient (Wildman–Crippen LogP) is 3.12. The van der Waals surface area contributed by atoms with Gasteiger partial charge in [0.2, 0.25) is 0 Å². The van der Waals surface area contributed by atoms with E-state index in [0.717, 1.165) is 23.8 Å². The monoisotopic (exact) mass is 388 g/mol. The van der Waals surface area contributed by atoms with Gasteiger partial charge in [0, 0.05) is 55.0 Å². The number of nitrogens with zero attached hydrogens (tertiary/aromatic N) is 3. The minimum absolute atomic E-state index is 0. The summed E-state index contributed by atoms with van der Waals surface area (Å²) in [4.78, 5) is 20.5. The second kappa shape index (κ2) is 8.97. The highest BCUT2D eigenvalue weighted by Gasteiger charge is 2.23. The Morgan fingerprint density at radius 1 is 1.04 bits per heavy atom. The van der Waals surface area contributed by atoms with Crippen LogP contribution in [0.5, 0.6) is 0 Å². The average molecular weight is 390 g/mol. The van der Waals surface area contributed by atoms with E-state index in [4.69, 9.17) is 17.3 Å². The largest absolute Gasteiger partial charge is 0.398 e. The number of hydrogen-bond donors (Lipinski definition) is 1. The number of hydrogen-bond acceptors (Lipinski definition) is 4. The molecule has 8 heteroatoms. The highest BCUT2D eigenvalue weighted by atomic mass is 35.5. The normalized spacial score (nSPS) is 13.7. The van der Waals surface area contributed by atoms with E-state index < -0.39 is 0 Å². The van der Waals surface area contributed by atoms with Crippen LogP contribution >= 0.6 is 36.4 Å². The highest BCUT2D eigenvalue weighted by Crippen LogP contribution is 2.20. The van der Waals surface area contributed by atoms with Crippen LogP contribution in [0, 0.1) is 0 Å². The van der Waals surface area contributed by atoms with Gasteiger partial charge in [-0.2, -0.15) is 0 Å². The smallest absolute Gasteiger partial charge is 0.257 e. The second-order valence-corrected chi connectivity index (χ2v) is 5.66. The highest BCUT2D eigenvalue weighted by molar-refractivity contribution is 6.30. The number of aromatic nitrogens is 1. The fourth-order valence-electron chi connectivity index (χ4n) is 2.57. The minimum atomic E-state index is -0.0543. The third kappa shape index (κ3) is 4.44. The molecule has 1 aliphatic heterocycles. The lowest BCUT2D eigenvalue weighted by Crippen LogP contribution is -2.48. The molecule has 0 radical (unpaired) electrons. The predicted molar refractivity (Wildman–Crippen MR) is 103 cm³/mol. The Balaban J connectivity index is 0.00000144. The number of nitrogen functional groups attached to an aromatic ring is 1. The van der Waals surface area contributed by atoms with Crippen LogP contribution in [0.15, 0.2) is 42.7 Å². The van der Waals surface area contributed by atoms with Gasteiger partial charge in [-0.15, -0.1) is 24.8 Å².